The summed E-state index contributed by atoms with van der Waals surface area (Å²) in [6, 6.07) is 13.9. The van der Waals surface area contributed by atoms with Gasteiger partial charge in [-0.1, -0.05) is 29.8 Å². The summed E-state index contributed by atoms with van der Waals surface area (Å²) in [6.07, 6.45) is 3.73. The van der Waals surface area contributed by atoms with Gasteiger partial charge in [-0.2, -0.15) is 0 Å². The van der Waals surface area contributed by atoms with Crippen molar-refractivity contribution >= 4 is 23.2 Å². The van der Waals surface area contributed by atoms with Crippen molar-refractivity contribution in [1.29, 1.82) is 0 Å². The summed E-state index contributed by atoms with van der Waals surface area (Å²) in [4.78, 5) is 4.69. The Balaban J connectivity index is 1.56. The predicted molar refractivity (Wildman–Crippen MR) is 110 cm³/mol. The number of guanidine groups is 1. The number of benzene rings is 1. The molecule has 0 radical (unpaired) electrons. The van der Waals surface area contributed by atoms with Crippen molar-refractivity contribution < 1.29 is 0 Å². The van der Waals surface area contributed by atoms with Crippen LogP contribution < -0.4 is 10.6 Å². The van der Waals surface area contributed by atoms with E-state index in [0.717, 1.165) is 41.8 Å². The van der Waals surface area contributed by atoms with Crippen LogP contribution in [0.1, 0.15) is 37.7 Å². The Labute approximate surface area is 164 Å². The maximum atomic E-state index is 5.97. The van der Waals surface area contributed by atoms with E-state index in [0.29, 0.717) is 6.54 Å². The number of halogens is 1. The summed E-state index contributed by atoms with van der Waals surface area (Å²) in [5.41, 5.74) is 2.04. The van der Waals surface area contributed by atoms with Gasteiger partial charge in [0.25, 0.3) is 0 Å². The Bertz CT molecular complexity index is 887. The van der Waals surface area contributed by atoms with Crippen LogP contribution in [0.5, 0.6) is 0 Å². The Morgan fingerprint density at radius 1 is 1.19 bits per heavy atom. The SMILES string of the molecule is CCNC(=NCCCc1nnc2ccccn12)NC(C)c1ccc(Cl)cc1. The highest BCUT2D eigenvalue weighted by molar-refractivity contribution is 6.30. The minimum Gasteiger partial charge on any atom is -0.357 e. The minimum absolute atomic E-state index is 0.139. The van der Waals surface area contributed by atoms with Gasteiger partial charge in [-0.05, 0) is 50.1 Å². The summed E-state index contributed by atoms with van der Waals surface area (Å²) < 4.78 is 2.02. The quantitative estimate of drug-likeness (QED) is 0.371. The Hall–Kier alpha value is -2.60. The minimum atomic E-state index is 0.139. The molecule has 0 aliphatic carbocycles. The number of aromatic nitrogens is 3. The van der Waals surface area contributed by atoms with Crippen LogP contribution in [0.15, 0.2) is 53.7 Å². The fraction of sp³-hybridized carbons (Fsp3) is 0.350. The molecule has 1 aromatic carbocycles. The van der Waals surface area contributed by atoms with Gasteiger partial charge in [0.15, 0.2) is 11.6 Å². The number of hydrogen-bond acceptors (Lipinski definition) is 3. The van der Waals surface area contributed by atoms with Crippen molar-refractivity contribution in [2.45, 2.75) is 32.7 Å². The van der Waals surface area contributed by atoms with E-state index in [1.165, 1.54) is 5.56 Å². The van der Waals surface area contributed by atoms with E-state index in [2.05, 4.69) is 39.7 Å². The lowest BCUT2D eigenvalue weighted by atomic mass is 10.1. The molecule has 3 rings (SSSR count). The molecule has 3 aromatic rings. The highest BCUT2D eigenvalue weighted by atomic mass is 35.5. The van der Waals surface area contributed by atoms with E-state index in [1.807, 2.05) is 53.1 Å². The highest BCUT2D eigenvalue weighted by Gasteiger charge is 2.08. The van der Waals surface area contributed by atoms with Crippen LogP contribution >= 0.6 is 11.6 Å². The lowest BCUT2D eigenvalue weighted by Crippen LogP contribution is -2.38. The van der Waals surface area contributed by atoms with E-state index in [1.54, 1.807) is 0 Å². The first-order chi connectivity index (χ1) is 13.2. The lowest BCUT2D eigenvalue weighted by molar-refractivity contribution is 0.681. The first-order valence-electron chi connectivity index (χ1n) is 9.26. The Morgan fingerprint density at radius 2 is 2.00 bits per heavy atom. The average molecular weight is 385 g/mol. The molecular formula is C20H25ClN6. The van der Waals surface area contributed by atoms with Crippen LogP contribution in [0, 0.1) is 0 Å². The zero-order chi connectivity index (χ0) is 19.1. The second-order valence-electron chi connectivity index (χ2n) is 6.33. The van der Waals surface area contributed by atoms with Gasteiger partial charge in [-0.3, -0.25) is 9.39 Å². The van der Waals surface area contributed by atoms with Crippen LogP contribution in [0.4, 0.5) is 0 Å². The molecule has 2 N–H and O–H groups in total. The van der Waals surface area contributed by atoms with E-state index in [9.17, 15) is 0 Å². The number of pyridine rings is 1. The predicted octanol–water partition coefficient (Wildman–Crippen LogP) is 3.63. The fourth-order valence-corrected chi connectivity index (χ4v) is 2.98. The average Bonchev–Trinajstić information content (AvgIpc) is 3.09. The normalized spacial score (nSPS) is 12.9. The molecule has 2 aromatic heterocycles. The van der Waals surface area contributed by atoms with E-state index in [4.69, 9.17) is 11.6 Å². The molecule has 27 heavy (non-hydrogen) atoms. The zero-order valence-electron chi connectivity index (χ0n) is 15.7. The largest absolute Gasteiger partial charge is 0.357 e. The molecule has 6 nitrogen and oxygen atoms in total. The third-order valence-corrected chi connectivity index (χ3v) is 4.53. The van der Waals surface area contributed by atoms with Gasteiger partial charge >= 0.3 is 0 Å². The highest BCUT2D eigenvalue weighted by Crippen LogP contribution is 2.15. The van der Waals surface area contributed by atoms with Crippen LogP contribution in [0.3, 0.4) is 0 Å². The van der Waals surface area contributed by atoms with Gasteiger partial charge in [-0.25, -0.2) is 0 Å². The first-order valence-corrected chi connectivity index (χ1v) is 9.64. The molecule has 0 saturated heterocycles. The number of fused-ring (bicyclic) bond motifs is 1. The molecule has 0 fully saturated rings. The molecule has 1 atom stereocenters. The number of nitrogens with zero attached hydrogens (tertiary/aromatic N) is 4. The van der Waals surface area contributed by atoms with E-state index < -0.39 is 0 Å². The third-order valence-electron chi connectivity index (χ3n) is 4.28. The summed E-state index contributed by atoms with van der Waals surface area (Å²) in [5, 5.41) is 15.9. The zero-order valence-corrected chi connectivity index (χ0v) is 16.4. The van der Waals surface area contributed by atoms with Crippen molar-refractivity contribution in [2.75, 3.05) is 13.1 Å². The molecule has 7 heteroatoms. The van der Waals surface area contributed by atoms with Crippen LogP contribution in [0.2, 0.25) is 5.02 Å². The van der Waals surface area contributed by atoms with Crippen LogP contribution in [-0.2, 0) is 6.42 Å². The second kappa shape index (κ2) is 9.37. The number of rotatable bonds is 7. The van der Waals surface area contributed by atoms with Crippen molar-refractivity contribution in [3.8, 4) is 0 Å². The topological polar surface area (TPSA) is 66.6 Å². The summed E-state index contributed by atoms with van der Waals surface area (Å²) in [6.45, 7) is 5.70. The second-order valence-corrected chi connectivity index (χ2v) is 6.76. The summed E-state index contributed by atoms with van der Waals surface area (Å²) >= 11 is 5.97. The molecule has 2 heterocycles. The van der Waals surface area contributed by atoms with Gasteiger partial charge in [0.05, 0.1) is 6.04 Å². The summed E-state index contributed by atoms with van der Waals surface area (Å²) in [5.74, 6) is 1.78. The Kier molecular flexibility index (Phi) is 6.65. The number of nitrogens with one attached hydrogen (secondary N) is 2. The maximum Gasteiger partial charge on any atom is 0.191 e. The number of aliphatic imine (C=N–C) groups is 1. The number of aryl methyl sites for hydroxylation is 1. The van der Waals surface area contributed by atoms with Crippen molar-refractivity contribution in [2.24, 2.45) is 4.99 Å². The van der Waals surface area contributed by atoms with E-state index >= 15 is 0 Å². The third kappa shape index (κ3) is 5.20. The van der Waals surface area contributed by atoms with Crippen molar-refractivity contribution in [3.05, 3.63) is 65.1 Å². The Morgan fingerprint density at radius 3 is 2.78 bits per heavy atom. The molecule has 0 saturated carbocycles. The van der Waals surface area contributed by atoms with Gasteiger partial charge in [0, 0.05) is 30.7 Å². The van der Waals surface area contributed by atoms with Gasteiger partial charge in [0.1, 0.15) is 5.82 Å². The molecule has 0 spiro atoms. The van der Waals surface area contributed by atoms with E-state index in [-0.39, 0.29) is 6.04 Å². The molecule has 0 aliphatic rings. The van der Waals surface area contributed by atoms with Crippen molar-refractivity contribution in [1.82, 2.24) is 25.2 Å². The standard InChI is InChI=1S/C20H25ClN6/c1-3-22-20(24-15(2)16-9-11-17(21)12-10-16)23-13-6-8-19-26-25-18-7-4-5-14-27(18)19/h4-5,7,9-12,14-15H,3,6,8,13H2,1-2H3,(H2,22,23,24). The molecule has 0 amide bonds. The van der Waals surface area contributed by atoms with Crippen LogP contribution in [-0.4, -0.2) is 33.6 Å². The molecular weight excluding hydrogens is 360 g/mol. The number of hydrogen-bond donors (Lipinski definition) is 2. The lowest BCUT2D eigenvalue weighted by Gasteiger charge is -2.18. The molecule has 0 aliphatic heterocycles. The smallest absolute Gasteiger partial charge is 0.191 e. The van der Waals surface area contributed by atoms with Gasteiger partial charge < -0.3 is 10.6 Å². The first kappa shape index (κ1) is 19.2. The van der Waals surface area contributed by atoms with Gasteiger partial charge in [0.2, 0.25) is 0 Å². The summed E-state index contributed by atoms with van der Waals surface area (Å²) in [7, 11) is 0. The van der Waals surface area contributed by atoms with Crippen LogP contribution in [0.25, 0.3) is 5.65 Å². The molecule has 0 bridgehead atoms. The maximum absolute atomic E-state index is 5.97. The molecule has 142 valence electrons. The van der Waals surface area contributed by atoms with Gasteiger partial charge in [-0.15, -0.1) is 10.2 Å². The molecule has 1 unspecified atom stereocenters. The monoisotopic (exact) mass is 384 g/mol. The van der Waals surface area contributed by atoms with Crippen molar-refractivity contribution in [3.63, 3.8) is 0 Å². The fourth-order valence-electron chi connectivity index (χ4n) is 2.85.